The van der Waals surface area contributed by atoms with Crippen LogP contribution in [0.2, 0.25) is 0 Å². The maximum atomic E-state index is 12.2. The van der Waals surface area contributed by atoms with Crippen LogP contribution in [0.3, 0.4) is 0 Å². The number of likely N-dealkylation sites (N-methyl/N-ethyl adjacent to an activating group) is 1. The molecule has 21 heavy (non-hydrogen) atoms. The smallest absolute Gasteiger partial charge is 0.263 e. The van der Waals surface area contributed by atoms with Gasteiger partial charge in [-0.3, -0.25) is 9.89 Å². The Labute approximate surface area is 121 Å². The van der Waals surface area contributed by atoms with E-state index in [2.05, 4.69) is 20.5 Å². The lowest BCUT2D eigenvalue weighted by Gasteiger charge is -2.32. The van der Waals surface area contributed by atoms with E-state index in [0.29, 0.717) is 18.1 Å². The number of aromatic amines is 1. The number of nitrogens with zero attached hydrogens (tertiary/aromatic N) is 3. The van der Waals surface area contributed by atoms with E-state index in [9.17, 15) is 4.79 Å². The quantitative estimate of drug-likeness (QED) is 0.727. The zero-order chi connectivity index (χ0) is 14.8. The molecular weight excluding hydrogens is 272 g/mol. The molecule has 1 amide bonds. The minimum absolute atomic E-state index is 0.154. The van der Waals surface area contributed by atoms with E-state index in [1.165, 1.54) is 0 Å². The van der Waals surface area contributed by atoms with E-state index in [-0.39, 0.29) is 18.4 Å². The van der Waals surface area contributed by atoms with Crippen LogP contribution >= 0.6 is 0 Å². The third-order valence-corrected chi connectivity index (χ3v) is 3.26. The number of H-pyrrole nitrogens is 1. The summed E-state index contributed by atoms with van der Waals surface area (Å²) in [5.74, 6) is 1.16. The third kappa shape index (κ3) is 2.73. The molecule has 2 aromatic rings. The van der Waals surface area contributed by atoms with Crippen molar-refractivity contribution in [3.8, 4) is 5.75 Å². The van der Waals surface area contributed by atoms with E-state index in [1.807, 2.05) is 36.2 Å². The van der Waals surface area contributed by atoms with Crippen LogP contribution in [-0.2, 0) is 11.3 Å². The normalized spacial score (nSPS) is 17.0. The number of nitrogen functional groups attached to an aromatic ring is 1. The number of amides is 1. The monoisotopic (exact) mass is 288 g/mol. The second-order valence-electron chi connectivity index (χ2n) is 4.81. The van der Waals surface area contributed by atoms with E-state index < -0.39 is 6.10 Å². The first-order valence-electron chi connectivity index (χ1n) is 6.55. The number of rotatable bonds is 3. The highest BCUT2D eigenvalue weighted by Crippen LogP contribution is 2.31. The van der Waals surface area contributed by atoms with Gasteiger partial charge < -0.3 is 20.7 Å². The lowest BCUT2D eigenvalue weighted by atomic mass is 10.2. The first kappa shape index (κ1) is 13.2. The Kier molecular flexibility index (Phi) is 3.35. The van der Waals surface area contributed by atoms with Crippen LogP contribution in [0, 0.1) is 0 Å². The van der Waals surface area contributed by atoms with Crippen LogP contribution in [-0.4, -0.2) is 40.8 Å². The molecule has 0 spiro atoms. The van der Waals surface area contributed by atoms with Crippen molar-refractivity contribution < 1.29 is 9.53 Å². The Balaban J connectivity index is 1.64. The number of aromatic nitrogens is 3. The summed E-state index contributed by atoms with van der Waals surface area (Å²) >= 11 is 0. The molecule has 1 aliphatic heterocycles. The van der Waals surface area contributed by atoms with Crippen LogP contribution in [0.15, 0.2) is 24.3 Å². The van der Waals surface area contributed by atoms with E-state index in [0.717, 1.165) is 5.69 Å². The van der Waals surface area contributed by atoms with Gasteiger partial charge in [-0.15, -0.1) is 5.10 Å². The van der Waals surface area contributed by atoms with E-state index in [1.54, 1.807) is 0 Å². The first-order chi connectivity index (χ1) is 10.1. The molecule has 0 bridgehead atoms. The van der Waals surface area contributed by atoms with Crippen LogP contribution < -0.4 is 20.7 Å². The summed E-state index contributed by atoms with van der Waals surface area (Å²) in [6.45, 7) is 0.718. The molecule has 2 heterocycles. The molecule has 8 heteroatoms. The fourth-order valence-corrected chi connectivity index (χ4v) is 2.22. The largest absolute Gasteiger partial charge is 0.477 e. The number of carbonyl (C=O) groups is 1. The van der Waals surface area contributed by atoms with Crippen molar-refractivity contribution in [3.05, 3.63) is 30.1 Å². The summed E-state index contributed by atoms with van der Waals surface area (Å²) in [7, 11) is 1.93. The van der Waals surface area contributed by atoms with Crippen LogP contribution in [0.1, 0.15) is 5.82 Å². The number of nitrogens with one attached hydrogen (secondary N) is 2. The second-order valence-corrected chi connectivity index (χ2v) is 4.81. The standard InChI is InChI=1S/C13H16N6O2/c1-19-7-10(21-9-5-3-2-4-8(9)19)12(20)15-6-11-16-13(14)18-17-11/h2-5,10H,6-7H2,1H3,(H,15,20)(H3,14,16,17,18)/t10-/m0/s1. The second kappa shape index (κ2) is 5.31. The Hall–Kier alpha value is -2.77. The van der Waals surface area contributed by atoms with Crippen molar-refractivity contribution in [1.29, 1.82) is 0 Å². The van der Waals surface area contributed by atoms with Gasteiger partial charge in [0.15, 0.2) is 6.10 Å². The highest BCUT2D eigenvalue weighted by Gasteiger charge is 2.28. The van der Waals surface area contributed by atoms with Gasteiger partial charge in [0.25, 0.3) is 5.91 Å². The summed E-state index contributed by atoms with van der Waals surface area (Å²) in [4.78, 5) is 18.1. The summed E-state index contributed by atoms with van der Waals surface area (Å²) < 4.78 is 5.73. The lowest BCUT2D eigenvalue weighted by Crippen LogP contribution is -2.47. The summed E-state index contributed by atoms with van der Waals surface area (Å²) in [6.07, 6.45) is -0.565. The number of nitrogens with two attached hydrogens (primary N) is 1. The number of hydrogen-bond donors (Lipinski definition) is 3. The molecule has 0 unspecified atom stereocenters. The average Bonchev–Trinajstić information content (AvgIpc) is 2.90. The number of ether oxygens (including phenoxy) is 1. The number of anilines is 2. The maximum absolute atomic E-state index is 12.2. The van der Waals surface area contributed by atoms with Crippen molar-refractivity contribution in [2.45, 2.75) is 12.6 Å². The van der Waals surface area contributed by atoms with Crippen molar-refractivity contribution in [2.75, 3.05) is 24.2 Å². The minimum Gasteiger partial charge on any atom is -0.477 e. The highest BCUT2D eigenvalue weighted by atomic mass is 16.5. The van der Waals surface area contributed by atoms with Crippen LogP contribution in [0.25, 0.3) is 0 Å². The van der Waals surface area contributed by atoms with Gasteiger partial charge in [-0.2, -0.15) is 4.98 Å². The van der Waals surface area contributed by atoms with Crippen LogP contribution in [0.5, 0.6) is 5.75 Å². The molecule has 110 valence electrons. The first-order valence-corrected chi connectivity index (χ1v) is 6.55. The zero-order valence-electron chi connectivity index (χ0n) is 11.5. The number of benzene rings is 1. The fourth-order valence-electron chi connectivity index (χ4n) is 2.22. The number of para-hydroxylation sites is 2. The summed E-state index contributed by atoms with van der Waals surface area (Å²) in [6, 6.07) is 7.63. The third-order valence-electron chi connectivity index (χ3n) is 3.26. The Bertz CT molecular complexity index is 656. The Morgan fingerprint density at radius 3 is 3.14 bits per heavy atom. The zero-order valence-corrected chi connectivity index (χ0v) is 11.5. The van der Waals surface area contributed by atoms with E-state index in [4.69, 9.17) is 10.5 Å². The average molecular weight is 288 g/mol. The van der Waals surface area contributed by atoms with Gasteiger partial charge in [-0.25, -0.2) is 0 Å². The predicted octanol–water partition coefficient (Wildman–Crippen LogP) is -0.0995. The van der Waals surface area contributed by atoms with Gasteiger partial charge in [-0.05, 0) is 12.1 Å². The molecule has 0 radical (unpaired) electrons. The van der Waals surface area contributed by atoms with Crippen molar-refractivity contribution in [1.82, 2.24) is 20.5 Å². The van der Waals surface area contributed by atoms with E-state index >= 15 is 0 Å². The molecule has 1 aromatic heterocycles. The highest BCUT2D eigenvalue weighted by molar-refractivity contribution is 5.83. The SMILES string of the molecule is CN1C[C@@H](C(=O)NCc2nc(N)n[nH]2)Oc2ccccc21. The molecule has 4 N–H and O–H groups in total. The Morgan fingerprint density at radius 1 is 1.57 bits per heavy atom. The van der Waals surface area contributed by atoms with Crippen molar-refractivity contribution in [2.24, 2.45) is 0 Å². The van der Waals surface area contributed by atoms with Crippen molar-refractivity contribution >= 4 is 17.5 Å². The maximum Gasteiger partial charge on any atom is 0.263 e. The van der Waals surface area contributed by atoms with Crippen LogP contribution in [0.4, 0.5) is 11.6 Å². The minimum atomic E-state index is -0.565. The molecule has 0 fully saturated rings. The van der Waals surface area contributed by atoms with Gasteiger partial charge in [0.05, 0.1) is 18.8 Å². The van der Waals surface area contributed by atoms with Crippen molar-refractivity contribution in [3.63, 3.8) is 0 Å². The number of fused-ring (bicyclic) bond motifs is 1. The fraction of sp³-hybridized carbons (Fsp3) is 0.308. The topological polar surface area (TPSA) is 109 Å². The number of carbonyl (C=O) groups excluding carboxylic acids is 1. The van der Waals surface area contributed by atoms with Gasteiger partial charge in [0.1, 0.15) is 11.6 Å². The summed E-state index contributed by atoms with van der Waals surface area (Å²) in [5, 5.41) is 9.09. The molecule has 3 rings (SSSR count). The van der Waals surface area contributed by atoms with Gasteiger partial charge in [0, 0.05) is 7.05 Å². The molecule has 1 aliphatic rings. The lowest BCUT2D eigenvalue weighted by molar-refractivity contribution is -0.128. The molecule has 8 nitrogen and oxygen atoms in total. The number of hydrogen-bond acceptors (Lipinski definition) is 6. The van der Waals surface area contributed by atoms with Gasteiger partial charge in [-0.1, -0.05) is 12.1 Å². The van der Waals surface area contributed by atoms with Gasteiger partial charge in [0.2, 0.25) is 5.95 Å². The molecular formula is C13H16N6O2. The molecule has 1 aromatic carbocycles. The molecule has 0 saturated carbocycles. The Morgan fingerprint density at radius 2 is 2.38 bits per heavy atom. The molecule has 0 aliphatic carbocycles. The summed E-state index contributed by atoms with van der Waals surface area (Å²) in [5.41, 5.74) is 6.38. The predicted molar refractivity (Wildman–Crippen MR) is 76.8 cm³/mol. The van der Waals surface area contributed by atoms with Gasteiger partial charge >= 0.3 is 0 Å². The molecule has 0 saturated heterocycles. The molecule has 1 atom stereocenters.